The minimum absolute atomic E-state index is 0.888. The van der Waals surface area contributed by atoms with E-state index >= 15 is 0 Å². The molecule has 0 fully saturated rings. The van der Waals surface area contributed by atoms with Gasteiger partial charge in [-0.3, -0.25) is 0 Å². The molecule has 1 heteroatoms. The lowest BCUT2D eigenvalue weighted by atomic mass is 9.98. The van der Waals surface area contributed by atoms with Crippen molar-refractivity contribution in [1.29, 1.82) is 0 Å². The van der Waals surface area contributed by atoms with Crippen molar-refractivity contribution >= 4 is 11.8 Å². The molecule has 2 aromatic rings. The molecular weight excluding hydrogens is 218 g/mol. The first-order valence-corrected chi connectivity index (χ1v) is 6.01. The van der Waals surface area contributed by atoms with Crippen LogP contribution in [0.4, 0.5) is 5.69 Å². The van der Waals surface area contributed by atoms with Crippen molar-refractivity contribution in [1.82, 2.24) is 0 Å². The van der Waals surface area contributed by atoms with Gasteiger partial charge >= 0.3 is 0 Å². The molecule has 0 aliphatic rings. The number of hydrogen-bond donors (Lipinski definition) is 1. The molecule has 90 valence electrons. The highest BCUT2D eigenvalue weighted by Gasteiger charge is 2.06. The van der Waals surface area contributed by atoms with Crippen molar-refractivity contribution in [2.75, 3.05) is 5.32 Å². The van der Waals surface area contributed by atoms with Gasteiger partial charge in [0.2, 0.25) is 0 Å². The summed E-state index contributed by atoms with van der Waals surface area (Å²) in [7, 11) is 0. The fourth-order valence-electron chi connectivity index (χ4n) is 2.04. The number of benzene rings is 2. The number of anilines is 1. The zero-order valence-corrected chi connectivity index (χ0v) is 10.4. The average molecular weight is 235 g/mol. The highest BCUT2D eigenvalue weighted by atomic mass is 14.8. The van der Waals surface area contributed by atoms with Gasteiger partial charge in [-0.15, -0.1) is 0 Å². The van der Waals surface area contributed by atoms with Crippen LogP contribution in [0.25, 0.3) is 6.08 Å². The molecule has 2 rings (SSSR count). The summed E-state index contributed by atoms with van der Waals surface area (Å²) in [5.74, 6) is 0. The summed E-state index contributed by atoms with van der Waals surface area (Å²) in [6, 6.07) is 16.6. The zero-order valence-electron chi connectivity index (χ0n) is 10.4. The van der Waals surface area contributed by atoms with E-state index in [2.05, 4.69) is 54.9 Å². The molecule has 1 nitrogen and oxygen atoms in total. The van der Waals surface area contributed by atoms with Gasteiger partial charge in [0.05, 0.1) is 0 Å². The van der Waals surface area contributed by atoms with Gasteiger partial charge in [-0.1, -0.05) is 61.7 Å². The van der Waals surface area contributed by atoms with Gasteiger partial charge in [0.1, 0.15) is 0 Å². The molecule has 0 heterocycles. The third kappa shape index (κ3) is 2.69. The molecule has 0 spiro atoms. The van der Waals surface area contributed by atoms with Crippen LogP contribution in [0.15, 0.2) is 67.9 Å². The Morgan fingerprint density at radius 3 is 2.39 bits per heavy atom. The molecule has 0 radical (unpaired) electrons. The fourth-order valence-corrected chi connectivity index (χ4v) is 2.04. The smallest absolute Gasteiger partial charge is 0.0421 e. The molecule has 2 aromatic carbocycles. The largest absolute Gasteiger partial charge is 0.362 e. The Balaban J connectivity index is 2.40. The van der Waals surface area contributed by atoms with E-state index in [1.54, 1.807) is 6.20 Å². The Kier molecular flexibility index (Phi) is 3.98. The molecule has 1 N–H and O–H groups in total. The lowest BCUT2D eigenvalue weighted by molar-refractivity contribution is 1.18. The van der Waals surface area contributed by atoms with E-state index in [1.165, 1.54) is 11.1 Å². The van der Waals surface area contributed by atoms with Gasteiger partial charge in [-0.05, 0) is 29.0 Å². The van der Waals surface area contributed by atoms with Gasteiger partial charge in [0.15, 0.2) is 0 Å². The van der Waals surface area contributed by atoms with Crippen LogP contribution in [0.5, 0.6) is 0 Å². The summed E-state index contributed by atoms with van der Waals surface area (Å²) < 4.78 is 0. The summed E-state index contributed by atoms with van der Waals surface area (Å²) in [5, 5.41) is 3.19. The van der Waals surface area contributed by atoms with E-state index in [4.69, 9.17) is 0 Å². The van der Waals surface area contributed by atoms with E-state index in [9.17, 15) is 0 Å². The van der Waals surface area contributed by atoms with E-state index < -0.39 is 0 Å². The van der Waals surface area contributed by atoms with Gasteiger partial charge in [-0.2, -0.15) is 0 Å². The van der Waals surface area contributed by atoms with Crippen LogP contribution < -0.4 is 5.32 Å². The Morgan fingerprint density at radius 2 is 1.72 bits per heavy atom. The van der Waals surface area contributed by atoms with E-state index in [1.807, 2.05) is 18.2 Å². The van der Waals surface area contributed by atoms with Crippen molar-refractivity contribution in [3.8, 4) is 0 Å². The molecule has 18 heavy (non-hydrogen) atoms. The minimum Gasteiger partial charge on any atom is -0.362 e. The standard InChI is InChI=1S/C17H17N/c1-3-15-11-8-12-17(18-4-2)16(15)13-14-9-6-5-7-10-14/h3-12,18H,1-2,13H2. The van der Waals surface area contributed by atoms with Crippen molar-refractivity contribution in [3.05, 3.63) is 84.6 Å². The lowest BCUT2D eigenvalue weighted by Gasteiger charge is -2.12. The van der Waals surface area contributed by atoms with Crippen LogP contribution in [0.2, 0.25) is 0 Å². The van der Waals surface area contributed by atoms with Crippen LogP contribution in [-0.2, 0) is 6.42 Å². The zero-order chi connectivity index (χ0) is 12.8. The number of hydrogen-bond acceptors (Lipinski definition) is 1. The summed E-state index contributed by atoms with van der Waals surface area (Å²) >= 11 is 0. The predicted molar refractivity (Wildman–Crippen MR) is 79.6 cm³/mol. The first-order chi connectivity index (χ1) is 8.85. The molecule has 0 saturated heterocycles. The first kappa shape index (κ1) is 12.2. The second-order valence-corrected chi connectivity index (χ2v) is 4.09. The molecule has 0 atom stereocenters. The van der Waals surface area contributed by atoms with Crippen molar-refractivity contribution in [2.24, 2.45) is 0 Å². The number of rotatable bonds is 5. The second kappa shape index (κ2) is 5.87. The van der Waals surface area contributed by atoms with Crippen molar-refractivity contribution in [3.63, 3.8) is 0 Å². The van der Waals surface area contributed by atoms with Crippen molar-refractivity contribution in [2.45, 2.75) is 6.42 Å². The molecule has 0 saturated carbocycles. The number of nitrogens with one attached hydrogen (secondary N) is 1. The quantitative estimate of drug-likeness (QED) is 0.806. The second-order valence-electron chi connectivity index (χ2n) is 4.09. The van der Waals surface area contributed by atoms with Crippen LogP contribution in [-0.4, -0.2) is 0 Å². The highest BCUT2D eigenvalue weighted by molar-refractivity contribution is 5.65. The summed E-state index contributed by atoms with van der Waals surface area (Å²) in [5.41, 5.74) is 4.79. The molecule has 0 aromatic heterocycles. The fraction of sp³-hybridized carbons (Fsp3) is 0.0588. The maximum absolute atomic E-state index is 3.88. The highest BCUT2D eigenvalue weighted by Crippen LogP contribution is 2.24. The first-order valence-electron chi connectivity index (χ1n) is 6.01. The monoisotopic (exact) mass is 235 g/mol. The molecule has 0 aliphatic carbocycles. The van der Waals surface area contributed by atoms with Gasteiger partial charge in [0.25, 0.3) is 0 Å². The van der Waals surface area contributed by atoms with E-state index in [0.717, 1.165) is 17.7 Å². The van der Waals surface area contributed by atoms with Crippen molar-refractivity contribution < 1.29 is 0 Å². The molecule has 0 aliphatic heterocycles. The summed E-state index contributed by atoms with van der Waals surface area (Å²) in [4.78, 5) is 0. The lowest BCUT2D eigenvalue weighted by Crippen LogP contribution is -1.98. The Hall–Kier alpha value is -2.28. The third-order valence-electron chi connectivity index (χ3n) is 2.91. The summed E-state index contributed by atoms with van der Waals surface area (Å²) in [6.07, 6.45) is 4.49. The van der Waals surface area contributed by atoms with Crippen LogP contribution in [0, 0.1) is 0 Å². The van der Waals surface area contributed by atoms with Crippen LogP contribution >= 0.6 is 0 Å². The molecule has 0 unspecified atom stereocenters. The van der Waals surface area contributed by atoms with Crippen LogP contribution in [0.1, 0.15) is 16.7 Å². The molecular formula is C17H17N. The summed E-state index contributed by atoms with van der Waals surface area (Å²) in [6.45, 7) is 7.60. The molecule has 0 bridgehead atoms. The predicted octanol–water partition coefficient (Wildman–Crippen LogP) is 4.48. The SMILES string of the molecule is C=CNc1cccc(C=C)c1Cc1ccccc1. The molecule has 0 amide bonds. The Labute approximate surface area is 108 Å². The van der Waals surface area contributed by atoms with Gasteiger partial charge in [0, 0.05) is 12.1 Å². The van der Waals surface area contributed by atoms with E-state index in [0.29, 0.717) is 0 Å². The van der Waals surface area contributed by atoms with Crippen LogP contribution in [0.3, 0.4) is 0 Å². The maximum atomic E-state index is 3.88. The van der Waals surface area contributed by atoms with Gasteiger partial charge < -0.3 is 5.32 Å². The Bertz CT molecular complexity index is 541. The Morgan fingerprint density at radius 1 is 0.944 bits per heavy atom. The van der Waals surface area contributed by atoms with Gasteiger partial charge in [-0.25, -0.2) is 0 Å². The topological polar surface area (TPSA) is 12.0 Å². The normalized spacial score (nSPS) is 9.78. The third-order valence-corrected chi connectivity index (χ3v) is 2.91. The minimum atomic E-state index is 0.888. The maximum Gasteiger partial charge on any atom is 0.0421 e. The average Bonchev–Trinajstić information content (AvgIpc) is 2.42. The van der Waals surface area contributed by atoms with E-state index in [-0.39, 0.29) is 0 Å².